The third-order valence-corrected chi connectivity index (χ3v) is 9.08. The van der Waals surface area contributed by atoms with Gasteiger partial charge in [0.2, 0.25) is 17.7 Å². The van der Waals surface area contributed by atoms with Gasteiger partial charge in [0.05, 0.1) is 26.3 Å². The maximum atomic E-state index is 14.2. The molecule has 2 aromatic rings. The Morgan fingerprint density at radius 1 is 0.878 bits per heavy atom. The molecule has 2 aromatic carbocycles. The minimum absolute atomic E-state index is 0.00259. The van der Waals surface area contributed by atoms with Crippen LogP contribution in [0.25, 0.3) is 10.8 Å². The summed E-state index contributed by atoms with van der Waals surface area (Å²) in [5, 5.41) is 11.1. The van der Waals surface area contributed by atoms with Gasteiger partial charge in [0.1, 0.15) is 12.1 Å². The topological polar surface area (TPSA) is 143 Å². The highest BCUT2D eigenvalue weighted by molar-refractivity contribution is 5.96. The zero-order valence-electron chi connectivity index (χ0n) is 31.2. The molecule has 3 N–H and O–H groups in total. The van der Waals surface area contributed by atoms with Gasteiger partial charge in [0.15, 0.2) is 0 Å². The molecule has 0 fully saturated rings. The number of esters is 2. The molecule has 1 unspecified atom stereocenters. The average Bonchev–Trinajstić information content (AvgIpc) is 3.05. The molecule has 0 radical (unpaired) electrons. The number of benzene rings is 2. The highest BCUT2D eigenvalue weighted by Crippen LogP contribution is 2.31. The predicted molar refractivity (Wildman–Crippen MR) is 192 cm³/mol. The minimum atomic E-state index is -1.06. The van der Waals surface area contributed by atoms with E-state index in [2.05, 4.69) is 26.8 Å². The smallest absolute Gasteiger partial charge is 0.328 e. The normalized spacial score (nSPS) is 14.8. The highest BCUT2D eigenvalue weighted by atomic mass is 16.5. The third-order valence-electron chi connectivity index (χ3n) is 9.08. The maximum absolute atomic E-state index is 14.2. The summed E-state index contributed by atoms with van der Waals surface area (Å²) in [5.74, 6) is -2.48. The van der Waals surface area contributed by atoms with E-state index in [1.54, 1.807) is 32.0 Å². The zero-order valence-corrected chi connectivity index (χ0v) is 31.2. The molecule has 0 bridgehead atoms. The predicted octanol–water partition coefficient (Wildman–Crippen LogP) is 4.28. The monoisotopic (exact) mass is 680 g/mol. The van der Waals surface area contributed by atoms with Crippen LogP contribution in [0.4, 0.5) is 0 Å². The molecule has 11 heteroatoms. The largest absolute Gasteiger partial charge is 0.469 e. The molecule has 0 aliphatic heterocycles. The van der Waals surface area contributed by atoms with Crippen LogP contribution in [0.5, 0.6) is 0 Å². The van der Waals surface area contributed by atoms with Gasteiger partial charge in [-0.05, 0) is 48.1 Å². The molecule has 11 nitrogen and oxygen atoms in total. The highest BCUT2D eigenvalue weighted by Gasteiger charge is 2.41. The van der Waals surface area contributed by atoms with Crippen molar-refractivity contribution in [2.24, 2.45) is 11.3 Å². The number of carbonyl (C=O) groups is 5. The number of nitrogens with zero attached hydrogens (tertiary/aromatic N) is 1. The van der Waals surface area contributed by atoms with E-state index in [0.717, 1.165) is 16.3 Å². The van der Waals surface area contributed by atoms with E-state index >= 15 is 0 Å². The summed E-state index contributed by atoms with van der Waals surface area (Å²) in [6.07, 6.45) is 1.59. The van der Waals surface area contributed by atoms with E-state index in [4.69, 9.17) is 4.74 Å². The van der Waals surface area contributed by atoms with Crippen molar-refractivity contribution >= 4 is 40.4 Å². The Kier molecular flexibility index (Phi) is 14.5. The van der Waals surface area contributed by atoms with Crippen molar-refractivity contribution in [1.29, 1.82) is 0 Å². The van der Waals surface area contributed by atoms with E-state index in [1.807, 2.05) is 84.9 Å². The lowest BCUT2D eigenvalue weighted by atomic mass is 9.76. The number of likely N-dealkylation sites (N-methyl/N-ethyl adjacent to an activating group) is 2. The molecule has 0 heterocycles. The summed E-state index contributed by atoms with van der Waals surface area (Å²) >= 11 is 0. The third kappa shape index (κ3) is 10.6. The number of rotatable bonds is 15. The second-order valence-corrected chi connectivity index (χ2v) is 14.5. The molecule has 0 aliphatic rings. The molecule has 2 rings (SSSR count). The minimum Gasteiger partial charge on any atom is -0.469 e. The van der Waals surface area contributed by atoms with Gasteiger partial charge in [-0.3, -0.25) is 19.2 Å². The lowest BCUT2D eigenvalue weighted by Crippen LogP contribution is -2.61. The number of carbonyl (C=O) groups excluding carboxylic acids is 5. The van der Waals surface area contributed by atoms with Crippen molar-refractivity contribution in [3.8, 4) is 0 Å². The quantitative estimate of drug-likeness (QED) is 0.187. The van der Waals surface area contributed by atoms with Crippen molar-refractivity contribution in [2.45, 2.75) is 97.8 Å². The second kappa shape index (κ2) is 17.4. The second-order valence-electron chi connectivity index (χ2n) is 14.5. The fourth-order valence-electron chi connectivity index (χ4n) is 5.91. The number of hydrogen-bond donors (Lipinski definition) is 3. The molecule has 0 aliphatic carbocycles. The van der Waals surface area contributed by atoms with Crippen molar-refractivity contribution in [3.63, 3.8) is 0 Å². The summed E-state index contributed by atoms with van der Waals surface area (Å²) in [5.41, 5.74) is -0.0337. The molecule has 49 heavy (non-hydrogen) atoms. The van der Waals surface area contributed by atoms with Gasteiger partial charge >= 0.3 is 11.9 Å². The Hall–Kier alpha value is -4.25. The van der Waals surface area contributed by atoms with Gasteiger partial charge in [0.25, 0.3) is 0 Å². The van der Waals surface area contributed by atoms with Crippen LogP contribution < -0.4 is 16.0 Å². The lowest BCUT2D eigenvalue weighted by Gasteiger charge is -2.40. The first-order chi connectivity index (χ1) is 22.8. The fraction of sp³-hybridized carbons (Fsp3) is 0.553. The van der Waals surface area contributed by atoms with E-state index in [9.17, 15) is 24.0 Å². The Morgan fingerprint density at radius 3 is 2.02 bits per heavy atom. The van der Waals surface area contributed by atoms with Gasteiger partial charge < -0.3 is 30.3 Å². The van der Waals surface area contributed by atoms with Gasteiger partial charge in [-0.15, -0.1) is 0 Å². The molecular weight excluding hydrogens is 624 g/mol. The van der Waals surface area contributed by atoms with Crippen LogP contribution >= 0.6 is 0 Å². The van der Waals surface area contributed by atoms with E-state index in [0.29, 0.717) is 0 Å². The number of methoxy groups -OCH3 is 2. The Bertz CT molecular complexity index is 1530. The number of amides is 3. The Labute approximate surface area is 291 Å². The molecule has 3 amide bonds. The number of ether oxygens (including phenoxy) is 2. The zero-order chi connectivity index (χ0) is 37.3. The first-order valence-corrected chi connectivity index (χ1v) is 16.7. The number of nitrogens with one attached hydrogen (secondary N) is 3. The summed E-state index contributed by atoms with van der Waals surface area (Å²) in [7, 11) is 5.83. The molecule has 0 saturated carbocycles. The van der Waals surface area contributed by atoms with E-state index in [-0.39, 0.29) is 36.1 Å². The summed E-state index contributed by atoms with van der Waals surface area (Å²) < 4.78 is 9.46. The fourth-order valence-corrected chi connectivity index (χ4v) is 5.91. The summed E-state index contributed by atoms with van der Waals surface area (Å²) in [6.45, 7) is 15.1. The van der Waals surface area contributed by atoms with Crippen LogP contribution in [0.2, 0.25) is 0 Å². The molecule has 4 atom stereocenters. The maximum Gasteiger partial charge on any atom is 0.328 e. The van der Waals surface area contributed by atoms with Crippen molar-refractivity contribution in [2.75, 3.05) is 28.3 Å². The summed E-state index contributed by atoms with van der Waals surface area (Å²) in [4.78, 5) is 67.0. The van der Waals surface area contributed by atoms with Crippen molar-refractivity contribution in [1.82, 2.24) is 20.9 Å². The first-order valence-electron chi connectivity index (χ1n) is 16.7. The number of fused-ring (bicyclic) bond motifs is 1. The standard InChI is InChI=1S/C38H56N4O7/c1-23(2)29(21-24(3)33(44)40-28(36(47)49-12)19-20-30(43)48-11)42(10)35(46)32(37(4,5)6)41-34(45)31(39-9)38(7,8)27-18-17-25-15-13-14-16-26(25)22-27/h13-18,21-23,28-29,31-32,39H,19-20H2,1-12H3,(H,40,44)(H,41,45)/b24-21+/t28-,29-,31-,32?/m1/s1. The Morgan fingerprint density at radius 2 is 1.49 bits per heavy atom. The van der Waals surface area contributed by atoms with Gasteiger partial charge in [-0.2, -0.15) is 0 Å². The van der Waals surface area contributed by atoms with Crippen LogP contribution in [0.1, 0.15) is 73.8 Å². The summed E-state index contributed by atoms with van der Waals surface area (Å²) in [6, 6.07) is 11.1. The van der Waals surface area contributed by atoms with Crippen LogP contribution in [0, 0.1) is 11.3 Å². The molecular formula is C38H56N4O7. The van der Waals surface area contributed by atoms with Gasteiger partial charge in [-0.1, -0.05) is 97.0 Å². The molecule has 0 saturated heterocycles. The first kappa shape index (κ1) is 40.9. The molecule has 0 spiro atoms. The van der Waals surface area contributed by atoms with Crippen LogP contribution in [-0.4, -0.2) is 87.0 Å². The van der Waals surface area contributed by atoms with Crippen LogP contribution in [-0.2, 0) is 38.9 Å². The van der Waals surface area contributed by atoms with Gasteiger partial charge in [0, 0.05) is 24.5 Å². The van der Waals surface area contributed by atoms with Crippen LogP contribution in [0.3, 0.4) is 0 Å². The SMILES string of the molecule is CN[C@H](C(=O)NC(C(=O)N(C)[C@H](/C=C(\C)C(=O)N[C@H](CCC(=O)OC)C(=O)OC)C(C)C)C(C)(C)C)C(C)(C)c1ccc2ccccc2c1. The lowest BCUT2D eigenvalue weighted by molar-refractivity contribution is -0.146. The molecule has 0 aromatic heterocycles. The van der Waals surface area contributed by atoms with Crippen molar-refractivity contribution < 1.29 is 33.4 Å². The molecule has 270 valence electrons. The van der Waals surface area contributed by atoms with E-state index < -0.39 is 52.8 Å². The van der Waals surface area contributed by atoms with Crippen molar-refractivity contribution in [3.05, 3.63) is 59.7 Å². The van der Waals surface area contributed by atoms with E-state index in [1.165, 1.54) is 14.2 Å². The number of hydrogen-bond acceptors (Lipinski definition) is 8. The van der Waals surface area contributed by atoms with Crippen LogP contribution in [0.15, 0.2) is 54.1 Å². The Balaban J connectivity index is 2.34. The van der Waals surface area contributed by atoms with Gasteiger partial charge in [-0.25, -0.2) is 4.79 Å². The average molecular weight is 681 g/mol.